The second kappa shape index (κ2) is 13.2. The van der Waals surface area contributed by atoms with Gasteiger partial charge in [0, 0.05) is 65.5 Å². The van der Waals surface area contributed by atoms with Crippen LogP contribution < -0.4 is 20.4 Å². The molecule has 226 valence electrons. The highest BCUT2D eigenvalue weighted by Crippen LogP contribution is 2.29. The Bertz CT molecular complexity index is 1200. The van der Waals surface area contributed by atoms with Crippen molar-refractivity contribution >= 4 is 46.1 Å². The normalized spacial score (nSPS) is 17.1. The molecule has 2 saturated heterocycles. The van der Waals surface area contributed by atoms with Crippen molar-refractivity contribution in [2.45, 2.75) is 59.1 Å². The zero-order valence-corrected chi connectivity index (χ0v) is 26.0. The number of amides is 1. The molecule has 2 aromatic rings. The number of piperazine rings is 1. The molecular formula is C27H43N9O4S. The molecule has 1 amide bonds. The molecule has 2 aliphatic heterocycles. The standard InChI is InChI=1S/C27H43N9O4S/c1-8-39-23(37)22-18(2)28-25(41-22)32-24-30-20(17-21(31-24)35-13-15-36(16-14-35)33(6)7)34-11-9-19(10-12-34)29-26(38)40-27(3,4)5/h17,19H,8-16H2,1-7H3,(H,29,38)(H,28,30,31,32). The summed E-state index contributed by atoms with van der Waals surface area (Å²) in [7, 11) is 4.12. The molecule has 0 saturated carbocycles. The van der Waals surface area contributed by atoms with Crippen molar-refractivity contribution < 1.29 is 19.1 Å². The van der Waals surface area contributed by atoms with Crippen molar-refractivity contribution in [1.29, 1.82) is 0 Å². The van der Waals surface area contributed by atoms with Crippen LogP contribution in [0.3, 0.4) is 0 Å². The molecular weight excluding hydrogens is 546 g/mol. The van der Waals surface area contributed by atoms with Gasteiger partial charge in [-0.2, -0.15) is 9.97 Å². The summed E-state index contributed by atoms with van der Waals surface area (Å²) in [5.41, 5.74) is 0.0723. The van der Waals surface area contributed by atoms with Gasteiger partial charge in [0.15, 0.2) is 5.13 Å². The molecule has 2 aromatic heterocycles. The Kier molecular flexibility index (Phi) is 9.87. The monoisotopic (exact) mass is 589 g/mol. The minimum absolute atomic E-state index is 0.0405. The molecule has 2 aliphatic rings. The van der Waals surface area contributed by atoms with Crippen LogP contribution in [0.1, 0.15) is 55.9 Å². The average Bonchev–Trinajstić information content (AvgIpc) is 3.27. The Morgan fingerprint density at radius 2 is 1.63 bits per heavy atom. The summed E-state index contributed by atoms with van der Waals surface area (Å²) in [5, 5.41) is 11.2. The van der Waals surface area contributed by atoms with Gasteiger partial charge in [0.25, 0.3) is 0 Å². The maximum Gasteiger partial charge on any atom is 0.407 e. The lowest BCUT2D eigenvalue weighted by Crippen LogP contribution is -2.51. The Balaban J connectivity index is 1.51. The van der Waals surface area contributed by atoms with E-state index < -0.39 is 5.60 Å². The van der Waals surface area contributed by atoms with E-state index in [1.807, 2.05) is 26.8 Å². The summed E-state index contributed by atoms with van der Waals surface area (Å²) in [6.45, 7) is 14.4. The number of thiazole rings is 1. The molecule has 4 rings (SSSR count). The van der Waals surface area contributed by atoms with Crippen molar-refractivity contribution in [3.05, 3.63) is 16.6 Å². The zero-order valence-electron chi connectivity index (χ0n) is 25.2. The maximum absolute atomic E-state index is 12.3. The lowest BCUT2D eigenvalue weighted by molar-refractivity contribution is 0.0200. The van der Waals surface area contributed by atoms with Crippen LogP contribution in [0.2, 0.25) is 0 Å². The molecule has 4 heterocycles. The van der Waals surface area contributed by atoms with Crippen LogP contribution in [0.15, 0.2) is 6.07 Å². The Hall–Kier alpha value is -3.23. The van der Waals surface area contributed by atoms with Crippen LogP contribution in [-0.4, -0.2) is 109 Å². The van der Waals surface area contributed by atoms with E-state index in [0.29, 0.717) is 28.3 Å². The first-order chi connectivity index (χ1) is 19.4. The predicted octanol–water partition coefficient (Wildman–Crippen LogP) is 3.25. The summed E-state index contributed by atoms with van der Waals surface area (Å²) < 4.78 is 10.6. The van der Waals surface area contributed by atoms with Gasteiger partial charge in [-0.3, -0.25) is 5.32 Å². The number of aromatic nitrogens is 3. The fraction of sp³-hybridized carbons (Fsp3) is 0.667. The first-order valence-corrected chi connectivity index (χ1v) is 15.0. The van der Waals surface area contributed by atoms with E-state index in [9.17, 15) is 9.59 Å². The average molecular weight is 590 g/mol. The molecule has 0 radical (unpaired) electrons. The number of esters is 1. The lowest BCUT2D eigenvalue weighted by atomic mass is 10.1. The van der Waals surface area contributed by atoms with E-state index in [1.54, 1.807) is 13.8 Å². The van der Waals surface area contributed by atoms with Crippen LogP contribution in [-0.2, 0) is 9.47 Å². The van der Waals surface area contributed by atoms with Gasteiger partial charge in [-0.1, -0.05) is 11.3 Å². The number of hydrazine groups is 1. The molecule has 13 nitrogen and oxygen atoms in total. The number of ether oxygens (including phenoxy) is 2. The summed E-state index contributed by atoms with van der Waals surface area (Å²) in [5.74, 6) is 1.68. The van der Waals surface area contributed by atoms with Gasteiger partial charge in [0.1, 0.15) is 22.1 Å². The number of hydrogen-bond donors (Lipinski definition) is 2. The molecule has 0 aromatic carbocycles. The third-order valence-corrected chi connectivity index (χ3v) is 7.91. The molecule has 14 heteroatoms. The van der Waals surface area contributed by atoms with Gasteiger partial charge in [-0.15, -0.1) is 0 Å². The van der Waals surface area contributed by atoms with E-state index in [4.69, 9.17) is 19.4 Å². The molecule has 0 atom stereocenters. The number of rotatable bonds is 8. The van der Waals surface area contributed by atoms with Gasteiger partial charge in [0.2, 0.25) is 5.95 Å². The van der Waals surface area contributed by atoms with Crippen LogP contribution >= 0.6 is 11.3 Å². The highest BCUT2D eigenvalue weighted by molar-refractivity contribution is 7.17. The first-order valence-electron chi connectivity index (χ1n) is 14.1. The van der Waals surface area contributed by atoms with Crippen LogP contribution in [0, 0.1) is 6.92 Å². The lowest BCUT2D eigenvalue weighted by Gasteiger charge is -2.39. The molecule has 2 N–H and O–H groups in total. The van der Waals surface area contributed by atoms with Gasteiger partial charge in [0.05, 0.1) is 12.3 Å². The number of carbonyl (C=O) groups is 2. The molecule has 0 aliphatic carbocycles. The minimum Gasteiger partial charge on any atom is -0.462 e. The van der Waals surface area contributed by atoms with Crippen LogP contribution in [0.5, 0.6) is 0 Å². The largest absolute Gasteiger partial charge is 0.462 e. The summed E-state index contributed by atoms with van der Waals surface area (Å²) in [6, 6.07) is 2.08. The Labute approximate surface area is 246 Å². The highest BCUT2D eigenvalue weighted by Gasteiger charge is 2.27. The number of alkyl carbamates (subject to hydrolysis) is 1. The fourth-order valence-electron chi connectivity index (χ4n) is 4.79. The zero-order chi connectivity index (χ0) is 29.7. The molecule has 0 unspecified atom stereocenters. The van der Waals surface area contributed by atoms with Gasteiger partial charge < -0.3 is 24.6 Å². The van der Waals surface area contributed by atoms with E-state index in [0.717, 1.165) is 63.7 Å². The van der Waals surface area contributed by atoms with Crippen molar-refractivity contribution in [2.75, 3.05) is 75.1 Å². The minimum atomic E-state index is -0.531. The number of nitrogens with one attached hydrogen (secondary N) is 2. The van der Waals surface area contributed by atoms with E-state index >= 15 is 0 Å². The third kappa shape index (κ3) is 8.39. The van der Waals surface area contributed by atoms with E-state index in [2.05, 4.69) is 49.5 Å². The van der Waals surface area contributed by atoms with E-state index in [1.165, 1.54) is 11.3 Å². The molecule has 0 bridgehead atoms. The van der Waals surface area contributed by atoms with Crippen molar-refractivity contribution in [3.63, 3.8) is 0 Å². The Morgan fingerprint density at radius 1 is 1.02 bits per heavy atom. The highest BCUT2D eigenvalue weighted by atomic mass is 32.1. The molecule has 0 spiro atoms. The van der Waals surface area contributed by atoms with Crippen LogP contribution in [0.4, 0.5) is 27.5 Å². The fourth-order valence-corrected chi connectivity index (χ4v) is 5.64. The van der Waals surface area contributed by atoms with Crippen molar-refractivity contribution in [3.8, 4) is 0 Å². The summed E-state index contributed by atoms with van der Waals surface area (Å²) in [6.07, 6.45) is 1.17. The van der Waals surface area contributed by atoms with Gasteiger partial charge >= 0.3 is 12.1 Å². The van der Waals surface area contributed by atoms with E-state index in [-0.39, 0.29) is 18.1 Å². The number of piperidine rings is 1. The predicted molar refractivity (Wildman–Crippen MR) is 160 cm³/mol. The molecule has 2 fully saturated rings. The summed E-state index contributed by atoms with van der Waals surface area (Å²) in [4.78, 5) is 43.7. The van der Waals surface area contributed by atoms with Gasteiger partial charge in [-0.05, 0) is 47.5 Å². The maximum atomic E-state index is 12.3. The number of nitrogens with zero attached hydrogens (tertiary/aromatic N) is 7. The number of aryl methyl sites for hydroxylation is 1. The topological polar surface area (TPSA) is 128 Å². The third-order valence-electron chi connectivity index (χ3n) is 6.86. The van der Waals surface area contributed by atoms with Gasteiger partial charge in [-0.25, -0.2) is 24.6 Å². The first kappa shape index (κ1) is 30.7. The van der Waals surface area contributed by atoms with Crippen molar-refractivity contribution in [2.24, 2.45) is 0 Å². The number of anilines is 4. The summed E-state index contributed by atoms with van der Waals surface area (Å²) >= 11 is 1.23. The second-order valence-corrected chi connectivity index (χ2v) is 12.4. The number of hydrogen-bond acceptors (Lipinski definition) is 13. The quantitative estimate of drug-likeness (QED) is 0.439. The number of carbonyl (C=O) groups excluding carboxylic acids is 2. The molecule has 41 heavy (non-hydrogen) atoms. The van der Waals surface area contributed by atoms with Crippen molar-refractivity contribution in [1.82, 2.24) is 30.3 Å². The van der Waals surface area contributed by atoms with Crippen LogP contribution in [0.25, 0.3) is 0 Å². The smallest absolute Gasteiger partial charge is 0.407 e. The second-order valence-electron chi connectivity index (χ2n) is 11.4. The Morgan fingerprint density at radius 3 is 2.20 bits per heavy atom. The SMILES string of the molecule is CCOC(=O)c1sc(Nc2nc(N3CCC(NC(=O)OC(C)(C)C)CC3)cc(N3CCN(N(C)C)CC3)n2)nc1C.